The number of thiophene rings is 1. The summed E-state index contributed by atoms with van der Waals surface area (Å²) in [4.78, 5) is 18.4. The van der Waals surface area contributed by atoms with Gasteiger partial charge in [0.2, 0.25) is 0 Å². The molecule has 3 heterocycles. The van der Waals surface area contributed by atoms with Crippen molar-refractivity contribution >= 4 is 17.2 Å². The molecule has 3 N–H and O–H groups in total. The lowest BCUT2D eigenvalue weighted by molar-refractivity contribution is 0.0944. The molecule has 5 rings (SSSR count). The number of amides is 1. The fourth-order valence-corrected chi connectivity index (χ4v) is 4.82. The molecule has 4 aromatic rings. The number of fused-ring (bicyclic) bond motifs is 3. The largest absolute Gasteiger partial charge is 0.493 e. The first-order chi connectivity index (χ1) is 16.0. The van der Waals surface area contributed by atoms with Crippen LogP contribution in [0.3, 0.4) is 0 Å². The van der Waals surface area contributed by atoms with Crippen LogP contribution in [-0.2, 0) is 6.42 Å². The van der Waals surface area contributed by atoms with Crippen LogP contribution in [0.5, 0.6) is 5.75 Å². The van der Waals surface area contributed by atoms with Gasteiger partial charge >= 0.3 is 0 Å². The SMILES string of the molecule is O=C(NCCO)c1ccc2c(c1)OCCc1cc(-c3nc(-c4ccc(F)cc4F)n[nH]3)sc1-2. The number of hydrogen-bond donors (Lipinski definition) is 3. The van der Waals surface area contributed by atoms with E-state index < -0.39 is 11.6 Å². The van der Waals surface area contributed by atoms with Gasteiger partial charge in [-0.25, -0.2) is 13.8 Å². The van der Waals surface area contributed by atoms with E-state index in [0.717, 1.165) is 33.0 Å². The van der Waals surface area contributed by atoms with Crippen LogP contribution in [0.1, 0.15) is 15.9 Å². The maximum Gasteiger partial charge on any atom is 0.251 e. The van der Waals surface area contributed by atoms with Gasteiger partial charge in [-0.2, -0.15) is 5.10 Å². The molecule has 33 heavy (non-hydrogen) atoms. The molecule has 0 bridgehead atoms. The van der Waals surface area contributed by atoms with Gasteiger partial charge in [0.25, 0.3) is 5.91 Å². The van der Waals surface area contributed by atoms with Crippen molar-refractivity contribution in [2.45, 2.75) is 6.42 Å². The van der Waals surface area contributed by atoms with Crippen LogP contribution in [0.25, 0.3) is 32.5 Å². The molecule has 0 saturated heterocycles. The summed E-state index contributed by atoms with van der Waals surface area (Å²) in [5, 5.41) is 18.5. The molecule has 0 fully saturated rings. The van der Waals surface area contributed by atoms with Crippen molar-refractivity contribution < 1.29 is 23.4 Å². The fourth-order valence-electron chi connectivity index (χ4n) is 3.64. The van der Waals surface area contributed by atoms with Gasteiger partial charge < -0.3 is 15.2 Å². The Morgan fingerprint density at radius 1 is 1.18 bits per heavy atom. The van der Waals surface area contributed by atoms with E-state index in [0.29, 0.717) is 30.2 Å². The summed E-state index contributed by atoms with van der Waals surface area (Å²) in [5.41, 5.74) is 2.49. The van der Waals surface area contributed by atoms with Crippen molar-refractivity contribution in [2.24, 2.45) is 0 Å². The highest BCUT2D eigenvalue weighted by Crippen LogP contribution is 2.43. The summed E-state index contributed by atoms with van der Waals surface area (Å²) >= 11 is 1.49. The highest BCUT2D eigenvalue weighted by molar-refractivity contribution is 7.19. The molecule has 1 amide bonds. The Morgan fingerprint density at radius 3 is 2.85 bits per heavy atom. The Bertz CT molecular complexity index is 1350. The van der Waals surface area contributed by atoms with Crippen molar-refractivity contribution in [3.8, 4) is 38.3 Å². The predicted octanol–water partition coefficient (Wildman–Crippen LogP) is 3.80. The quantitative estimate of drug-likeness (QED) is 0.414. The second-order valence-electron chi connectivity index (χ2n) is 7.39. The van der Waals surface area contributed by atoms with Crippen LogP contribution in [0.15, 0.2) is 42.5 Å². The lowest BCUT2D eigenvalue weighted by Gasteiger charge is -2.10. The number of carbonyl (C=O) groups excluding carboxylic acids is 1. The Morgan fingerprint density at radius 2 is 2.03 bits per heavy atom. The van der Waals surface area contributed by atoms with Crippen molar-refractivity contribution in [3.63, 3.8) is 0 Å². The summed E-state index contributed by atoms with van der Waals surface area (Å²) < 4.78 is 33.2. The zero-order chi connectivity index (χ0) is 22.9. The van der Waals surface area contributed by atoms with Crippen molar-refractivity contribution in [1.29, 1.82) is 0 Å². The molecule has 168 valence electrons. The molecule has 0 saturated carbocycles. The number of aromatic amines is 1. The summed E-state index contributed by atoms with van der Waals surface area (Å²) in [7, 11) is 0. The van der Waals surface area contributed by atoms with E-state index in [2.05, 4.69) is 20.5 Å². The fraction of sp³-hybridized carbons (Fsp3) is 0.174. The molecule has 2 aromatic carbocycles. The van der Waals surface area contributed by atoms with Crippen LogP contribution in [-0.4, -0.2) is 46.0 Å². The number of nitrogens with zero attached hydrogens (tertiary/aromatic N) is 2. The molecule has 7 nitrogen and oxygen atoms in total. The number of carbonyl (C=O) groups is 1. The summed E-state index contributed by atoms with van der Waals surface area (Å²) in [6.45, 7) is 0.488. The van der Waals surface area contributed by atoms with Crippen molar-refractivity contribution in [2.75, 3.05) is 19.8 Å². The van der Waals surface area contributed by atoms with E-state index in [1.54, 1.807) is 12.1 Å². The van der Waals surface area contributed by atoms with Gasteiger partial charge in [0.05, 0.1) is 23.7 Å². The maximum atomic E-state index is 14.1. The number of ether oxygens (including phenoxy) is 1. The van der Waals surface area contributed by atoms with Gasteiger partial charge in [-0.1, -0.05) is 0 Å². The topological polar surface area (TPSA) is 100 Å². The second kappa shape index (κ2) is 8.72. The number of nitrogens with one attached hydrogen (secondary N) is 2. The van der Waals surface area contributed by atoms with E-state index in [-0.39, 0.29) is 30.4 Å². The van der Waals surface area contributed by atoms with Crippen LogP contribution >= 0.6 is 11.3 Å². The normalized spacial score (nSPS) is 12.5. The smallest absolute Gasteiger partial charge is 0.251 e. The molecule has 2 aromatic heterocycles. The number of aromatic nitrogens is 3. The third-order valence-corrected chi connectivity index (χ3v) is 6.43. The number of aliphatic hydroxyl groups excluding tert-OH is 1. The summed E-state index contributed by atoms with van der Waals surface area (Å²) in [6.07, 6.45) is 0.667. The van der Waals surface area contributed by atoms with Gasteiger partial charge in [-0.05, 0) is 42.0 Å². The molecular formula is C23H18F2N4O3S. The first kappa shape index (κ1) is 21.2. The maximum absolute atomic E-state index is 14.1. The lowest BCUT2D eigenvalue weighted by Crippen LogP contribution is -2.26. The van der Waals surface area contributed by atoms with Crippen LogP contribution < -0.4 is 10.1 Å². The number of rotatable bonds is 5. The first-order valence-corrected chi connectivity index (χ1v) is 11.0. The number of aliphatic hydroxyl groups is 1. The molecule has 1 aliphatic rings. The zero-order valence-electron chi connectivity index (χ0n) is 17.2. The van der Waals surface area contributed by atoms with E-state index in [1.807, 2.05) is 12.1 Å². The second-order valence-corrected chi connectivity index (χ2v) is 8.44. The average molecular weight is 468 g/mol. The number of benzene rings is 2. The Labute approximate surface area is 191 Å². The van der Waals surface area contributed by atoms with Gasteiger partial charge in [0.15, 0.2) is 11.6 Å². The van der Waals surface area contributed by atoms with E-state index in [1.165, 1.54) is 17.4 Å². The van der Waals surface area contributed by atoms with Crippen LogP contribution in [0.4, 0.5) is 8.78 Å². The molecule has 0 atom stereocenters. The van der Waals surface area contributed by atoms with E-state index >= 15 is 0 Å². The van der Waals surface area contributed by atoms with Crippen LogP contribution in [0.2, 0.25) is 0 Å². The molecule has 0 unspecified atom stereocenters. The van der Waals surface area contributed by atoms with E-state index in [9.17, 15) is 13.6 Å². The van der Waals surface area contributed by atoms with Gasteiger partial charge in [0.1, 0.15) is 17.4 Å². The molecule has 0 aliphatic carbocycles. The Balaban J connectivity index is 1.47. The predicted molar refractivity (Wildman–Crippen MR) is 119 cm³/mol. The van der Waals surface area contributed by atoms with Gasteiger partial charge in [0, 0.05) is 35.0 Å². The molecule has 1 aliphatic heterocycles. The molecule has 0 radical (unpaired) electrons. The number of H-pyrrole nitrogens is 1. The number of halogens is 2. The molecule has 0 spiro atoms. The highest BCUT2D eigenvalue weighted by Gasteiger charge is 2.22. The zero-order valence-corrected chi connectivity index (χ0v) is 18.0. The Kier molecular flexibility index (Phi) is 5.61. The monoisotopic (exact) mass is 468 g/mol. The highest BCUT2D eigenvalue weighted by atomic mass is 32.1. The van der Waals surface area contributed by atoms with Gasteiger partial charge in [-0.3, -0.25) is 9.89 Å². The van der Waals surface area contributed by atoms with Crippen molar-refractivity contribution in [3.05, 3.63) is 65.2 Å². The minimum atomic E-state index is -0.729. The van der Waals surface area contributed by atoms with E-state index in [4.69, 9.17) is 9.84 Å². The summed E-state index contributed by atoms with van der Waals surface area (Å²) in [6, 6.07) is 10.5. The minimum absolute atomic E-state index is 0.114. The van der Waals surface area contributed by atoms with Gasteiger partial charge in [-0.15, -0.1) is 11.3 Å². The molecular weight excluding hydrogens is 450 g/mol. The first-order valence-electron chi connectivity index (χ1n) is 10.2. The average Bonchev–Trinajstić information content (AvgIpc) is 3.41. The number of hydrogen-bond acceptors (Lipinski definition) is 6. The third-order valence-electron chi connectivity index (χ3n) is 5.21. The van der Waals surface area contributed by atoms with Crippen LogP contribution in [0, 0.1) is 11.6 Å². The lowest BCUT2D eigenvalue weighted by atomic mass is 10.0. The standard InChI is InChI=1S/C23H18F2N4O3S/c24-14-2-4-15(17(25)11-14)21-27-22(29-28-21)19-10-12-5-8-32-18-9-13(23(31)26-6-7-30)1-3-16(18)20(12)33-19/h1-4,9-11,30H,5-8H2,(H,26,31)(H,27,28,29). The van der Waals surface area contributed by atoms with Crippen molar-refractivity contribution in [1.82, 2.24) is 20.5 Å². The Hall–Kier alpha value is -3.63. The molecule has 10 heteroatoms. The third kappa shape index (κ3) is 4.10. The summed E-state index contributed by atoms with van der Waals surface area (Å²) in [5.74, 6) is -0.446. The minimum Gasteiger partial charge on any atom is -0.493 e.